The van der Waals surface area contributed by atoms with Gasteiger partial charge >= 0.3 is 0 Å². The molecule has 0 radical (unpaired) electrons. The Morgan fingerprint density at radius 3 is 2.75 bits per heavy atom. The summed E-state index contributed by atoms with van der Waals surface area (Å²) in [5.74, 6) is -0.725. The van der Waals surface area contributed by atoms with Gasteiger partial charge in [-0.3, -0.25) is 9.89 Å². The number of aromatic amines is 1. The van der Waals surface area contributed by atoms with E-state index < -0.39 is 5.91 Å². The van der Waals surface area contributed by atoms with Crippen LogP contribution in [0.2, 0.25) is 0 Å². The predicted molar refractivity (Wildman–Crippen MR) is 90.2 cm³/mol. The van der Waals surface area contributed by atoms with E-state index in [0.29, 0.717) is 5.69 Å². The second-order valence-corrected chi connectivity index (χ2v) is 5.29. The summed E-state index contributed by atoms with van der Waals surface area (Å²) in [4.78, 5) is 12.0. The van der Waals surface area contributed by atoms with Crippen LogP contribution in [0.15, 0.2) is 59.7 Å². The number of nitrogens with one attached hydrogen (secondary N) is 2. The topological polar surface area (TPSA) is 70.1 Å². The lowest BCUT2D eigenvalue weighted by Crippen LogP contribution is -2.18. The molecule has 0 aliphatic carbocycles. The van der Waals surface area contributed by atoms with Gasteiger partial charge in [-0.1, -0.05) is 29.8 Å². The van der Waals surface area contributed by atoms with E-state index in [0.717, 1.165) is 16.7 Å². The number of benzene rings is 2. The highest BCUT2D eigenvalue weighted by atomic mass is 19.1. The van der Waals surface area contributed by atoms with Crippen LogP contribution in [0.3, 0.4) is 0 Å². The fourth-order valence-electron chi connectivity index (χ4n) is 2.18. The van der Waals surface area contributed by atoms with Gasteiger partial charge < -0.3 is 0 Å². The Morgan fingerprint density at radius 2 is 2.00 bits per heavy atom. The van der Waals surface area contributed by atoms with E-state index in [9.17, 15) is 9.18 Å². The Morgan fingerprint density at radius 1 is 1.21 bits per heavy atom. The first-order valence-corrected chi connectivity index (χ1v) is 7.33. The third-order valence-electron chi connectivity index (χ3n) is 3.38. The van der Waals surface area contributed by atoms with Crippen molar-refractivity contribution in [3.63, 3.8) is 0 Å². The molecular formula is C18H15FN4O. The van der Waals surface area contributed by atoms with E-state index in [1.54, 1.807) is 24.4 Å². The highest BCUT2D eigenvalue weighted by molar-refractivity contribution is 5.94. The van der Waals surface area contributed by atoms with Crippen molar-refractivity contribution in [3.05, 3.63) is 77.2 Å². The van der Waals surface area contributed by atoms with Crippen LogP contribution in [0.5, 0.6) is 0 Å². The van der Waals surface area contributed by atoms with Crippen LogP contribution in [0, 0.1) is 12.7 Å². The molecule has 2 aromatic carbocycles. The Kier molecular flexibility index (Phi) is 4.47. The average Bonchev–Trinajstić information content (AvgIpc) is 3.05. The Balaban J connectivity index is 1.66. The molecule has 0 atom stereocenters. The number of carbonyl (C=O) groups excluding carboxylic acids is 1. The summed E-state index contributed by atoms with van der Waals surface area (Å²) in [6.45, 7) is 1.98. The molecule has 0 fully saturated rings. The zero-order valence-electron chi connectivity index (χ0n) is 13.0. The summed E-state index contributed by atoms with van der Waals surface area (Å²) in [6.07, 6.45) is 1.57. The second-order valence-electron chi connectivity index (χ2n) is 5.29. The van der Waals surface area contributed by atoms with Crippen molar-refractivity contribution in [3.8, 4) is 11.3 Å². The SMILES string of the molecule is Cc1cccc(C=NNC(=O)c2cc(-c3ccc(F)cc3)n[nH]2)c1. The molecule has 5 nitrogen and oxygen atoms in total. The molecule has 0 bridgehead atoms. The predicted octanol–water partition coefficient (Wildman–Crippen LogP) is 3.29. The summed E-state index contributed by atoms with van der Waals surface area (Å²) in [5, 5.41) is 10.6. The molecule has 6 heteroatoms. The minimum Gasteiger partial charge on any atom is -0.272 e. The van der Waals surface area contributed by atoms with Gasteiger partial charge in [0.15, 0.2) is 0 Å². The molecule has 0 saturated heterocycles. The minimum atomic E-state index is -0.403. The molecule has 0 aliphatic rings. The maximum Gasteiger partial charge on any atom is 0.289 e. The van der Waals surface area contributed by atoms with Crippen LogP contribution in [0.1, 0.15) is 21.6 Å². The maximum atomic E-state index is 12.9. The highest BCUT2D eigenvalue weighted by Crippen LogP contribution is 2.17. The smallest absolute Gasteiger partial charge is 0.272 e. The van der Waals surface area contributed by atoms with E-state index >= 15 is 0 Å². The number of carbonyl (C=O) groups is 1. The number of H-pyrrole nitrogens is 1. The van der Waals surface area contributed by atoms with E-state index in [-0.39, 0.29) is 11.5 Å². The molecule has 0 spiro atoms. The van der Waals surface area contributed by atoms with Gasteiger partial charge in [-0.15, -0.1) is 0 Å². The molecule has 3 rings (SSSR count). The molecule has 24 heavy (non-hydrogen) atoms. The van der Waals surface area contributed by atoms with Crippen molar-refractivity contribution in [1.29, 1.82) is 0 Å². The Labute approximate surface area is 138 Å². The molecule has 0 aliphatic heterocycles. The van der Waals surface area contributed by atoms with Gasteiger partial charge in [0.25, 0.3) is 5.91 Å². The molecule has 0 saturated carbocycles. The lowest BCUT2D eigenvalue weighted by molar-refractivity contribution is 0.0950. The third kappa shape index (κ3) is 3.73. The van der Waals surface area contributed by atoms with Gasteiger partial charge in [0, 0.05) is 5.56 Å². The molecule has 0 unspecified atom stereocenters. The van der Waals surface area contributed by atoms with E-state index in [2.05, 4.69) is 20.7 Å². The molecule has 2 N–H and O–H groups in total. The quantitative estimate of drug-likeness (QED) is 0.571. The molecule has 1 heterocycles. The first kappa shape index (κ1) is 15.6. The Bertz CT molecular complexity index is 884. The van der Waals surface area contributed by atoms with Gasteiger partial charge in [0.2, 0.25) is 0 Å². The van der Waals surface area contributed by atoms with Crippen molar-refractivity contribution in [2.75, 3.05) is 0 Å². The third-order valence-corrected chi connectivity index (χ3v) is 3.38. The lowest BCUT2D eigenvalue weighted by atomic mass is 10.1. The number of nitrogens with zero attached hydrogens (tertiary/aromatic N) is 2. The van der Waals surface area contributed by atoms with Gasteiger partial charge in [0.1, 0.15) is 11.5 Å². The summed E-state index contributed by atoms with van der Waals surface area (Å²) < 4.78 is 12.9. The van der Waals surface area contributed by atoms with Crippen LogP contribution >= 0.6 is 0 Å². The van der Waals surface area contributed by atoms with Crippen molar-refractivity contribution >= 4 is 12.1 Å². The second kappa shape index (κ2) is 6.87. The number of aromatic nitrogens is 2. The van der Waals surface area contributed by atoms with Crippen LogP contribution in [0.4, 0.5) is 4.39 Å². The maximum absolute atomic E-state index is 12.9. The lowest BCUT2D eigenvalue weighted by Gasteiger charge is -1.97. The van der Waals surface area contributed by atoms with Crippen LogP contribution in [0.25, 0.3) is 11.3 Å². The summed E-state index contributed by atoms with van der Waals surface area (Å²) in [5.41, 5.74) is 6.00. The summed E-state index contributed by atoms with van der Waals surface area (Å²) >= 11 is 0. The average molecular weight is 322 g/mol. The number of aryl methyl sites for hydroxylation is 1. The van der Waals surface area contributed by atoms with Gasteiger partial charge in [0.05, 0.1) is 11.9 Å². The number of hydrazone groups is 1. The number of rotatable bonds is 4. The number of halogens is 1. The number of amides is 1. The molecule has 120 valence electrons. The zero-order chi connectivity index (χ0) is 16.9. The van der Waals surface area contributed by atoms with Crippen molar-refractivity contribution in [1.82, 2.24) is 15.6 Å². The fourth-order valence-corrected chi connectivity index (χ4v) is 2.18. The highest BCUT2D eigenvalue weighted by Gasteiger charge is 2.10. The largest absolute Gasteiger partial charge is 0.289 e. The minimum absolute atomic E-state index is 0.274. The summed E-state index contributed by atoms with van der Waals surface area (Å²) in [6, 6.07) is 15.2. The normalized spacial score (nSPS) is 10.9. The zero-order valence-corrected chi connectivity index (χ0v) is 13.0. The van der Waals surface area contributed by atoms with Crippen molar-refractivity contribution in [2.24, 2.45) is 5.10 Å². The van der Waals surface area contributed by atoms with Crippen LogP contribution in [-0.2, 0) is 0 Å². The first-order valence-electron chi connectivity index (χ1n) is 7.33. The molecule has 1 aromatic heterocycles. The first-order chi connectivity index (χ1) is 11.6. The van der Waals surface area contributed by atoms with E-state index in [4.69, 9.17) is 0 Å². The molecule has 1 amide bonds. The van der Waals surface area contributed by atoms with Gasteiger partial charge in [-0.2, -0.15) is 10.2 Å². The van der Waals surface area contributed by atoms with Gasteiger partial charge in [-0.25, -0.2) is 9.82 Å². The van der Waals surface area contributed by atoms with Gasteiger partial charge in [-0.05, 0) is 42.8 Å². The van der Waals surface area contributed by atoms with E-state index in [1.807, 2.05) is 31.2 Å². The van der Waals surface area contributed by atoms with Crippen molar-refractivity contribution < 1.29 is 9.18 Å². The number of hydrogen-bond acceptors (Lipinski definition) is 3. The van der Waals surface area contributed by atoms with Crippen LogP contribution in [-0.4, -0.2) is 22.3 Å². The Hall–Kier alpha value is -3.28. The fraction of sp³-hybridized carbons (Fsp3) is 0.0556. The van der Waals surface area contributed by atoms with Crippen molar-refractivity contribution in [2.45, 2.75) is 6.92 Å². The standard InChI is InChI=1S/C18H15FN4O/c1-12-3-2-4-13(9-12)11-20-23-18(24)17-10-16(21-22-17)14-5-7-15(19)8-6-14/h2-11H,1H3,(H,21,22)(H,23,24). The van der Waals surface area contributed by atoms with Crippen LogP contribution < -0.4 is 5.43 Å². The number of hydrogen-bond donors (Lipinski definition) is 2. The van der Waals surface area contributed by atoms with E-state index in [1.165, 1.54) is 12.1 Å². The molecular weight excluding hydrogens is 307 g/mol. The monoisotopic (exact) mass is 322 g/mol. The molecule has 3 aromatic rings. The summed E-state index contributed by atoms with van der Waals surface area (Å²) in [7, 11) is 0.